The van der Waals surface area contributed by atoms with E-state index in [1.165, 1.54) is 13.0 Å². The number of likely N-dealkylation sites (tertiary alicyclic amines) is 1. The normalized spacial score (nSPS) is 29.3. The van der Waals surface area contributed by atoms with Gasteiger partial charge in [-0.25, -0.2) is 0 Å². The predicted octanol–water partition coefficient (Wildman–Crippen LogP) is 0.278. The minimum atomic E-state index is 0.126. The molecule has 23 heavy (non-hydrogen) atoms. The van der Waals surface area contributed by atoms with Gasteiger partial charge in [0.2, 0.25) is 5.91 Å². The molecule has 0 saturated carbocycles. The second kappa shape index (κ2) is 7.47. The van der Waals surface area contributed by atoms with E-state index in [4.69, 9.17) is 9.47 Å². The summed E-state index contributed by atoms with van der Waals surface area (Å²) in [5.41, 5.74) is 0.238. The summed E-state index contributed by atoms with van der Waals surface area (Å²) in [5.74, 6) is 0.833. The van der Waals surface area contributed by atoms with Crippen LogP contribution in [0.2, 0.25) is 0 Å². The third-order valence-electron chi connectivity index (χ3n) is 5.93. The van der Waals surface area contributed by atoms with Crippen LogP contribution in [-0.4, -0.2) is 99.4 Å². The van der Waals surface area contributed by atoms with Crippen LogP contribution in [0.3, 0.4) is 0 Å². The van der Waals surface area contributed by atoms with E-state index in [9.17, 15) is 4.79 Å². The molecule has 3 heterocycles. The van der Waals surface area contributed by atoms with Gasteiger partial charge in [0.25, 0.3) is 0 Å². The highest BCUT2D eigenvalue weighted by atomic mass is 16.5. The molecule has 3 rings (SSSR count). The maximum Gasteiger partial charge on any atom is 0.248 e. The first kappa shape index (κ1) is 17.1. The van der Waals surface area contributed by atoms with E-state index < -0.39 is 0 Å². The first-order valence-electron chi connectivity index (χ1n) is 8.91. The third-order valence-corrected chi connectivity index (χ3v) is 5.93. The van der Waals surface area contributed by atoms with Crippen LogP contribution in [0.4, 0.5) is 0 Å². The maximum absolute atomic E-state index is 12.0. The van der Waals surface area contributed by atoms with Crippen molar-refractivity contribution in [1.29, 1.82) is 0 Å². The van der Waals surface area contributed by atoms with Gasteiger partial charge >= 0.3 is 0 Å². The Morgan fingerprint density at radius 1 is 1.26 bits per heavy atom. The fraction of sp³-hybridized carbons (Fsp3) is 0.941. The largest absolute Gasteiger partial charge is 0.381 e. The van der Waals surface area contributed by atoms with Crippen LogP contribution in [0.25, 0.3) is 0 Å². The molecule has 0 aromatic rings. The third kappa shape index (κ3) is 3.87. The van der Waals surface area contributed by atoms with Crippen LogP contribution >= 0.6 is 0 Å². The summed E-state index contributed by atoms with van der Waals surface area (Å²) >= 11 is 0. The molecule has 3 saturated heterocycles. The Labute approximate surface area is 139 Å². The van der Waals surface area contributed by atoms with E-state index >= 15 is 0 Å². The van der Waals surface area contributed by atoms with E-state index in [1.807, 2.05) is 4.90 Å². The molecule has 3 aliphatic rings. The lowest BCUT2D eigenvalue weighted by molar-refractivity contribution is -0.138. The van der Waals surface area contributed by atoms with Gasteiger partial charge < -0.3 is 14.4 Å². The summed E-state index contributed by atoms with van der Waals surface area (Å²) in [7, 11) is 3.84. The van der Waals surface area contributed by atoms with Gasteiger partial charge in [0.15, 0.2) is 0 Å². The van der Waals surface area contributed by atoms with Crippen molar-refractivity contribution in [3.63, 3.8) is 0 Å². The molecule has 1 atom stereocenters. The summed E-state index contributed by atoms with van der Waals surface area (Å²) < 4.78 is 10.5. The Kier molecular flexibility index (Phi) is 5.57. The molecule has 1 spiro atoms. The Balaban J connectivity index is 1.55. The van der Waals surface area contributed by atoms with E-state index in [0.717, 1.165) is 58.8 Å². The zero-order chi connectivity index (χ0) is 16.3. The van der Waals surface area contributed by atoms with Crippen molar-refractivity contribution in [2.24, 2.45) is 5.92 Å². The number of ether oxygens (including phenoxy) is 2. The Hall–Kier alpha value is -0.690. The SMILES string of the molecule is COCC(=O)N1CCC2(CC1)CN(C[C@H]1CCOC1)CCN2C. The molecule has 0 bridgehead atoms. The molecule has 3 aliphatic heterocycles. The Bertz CT molecular complexity index is 404. The van der Waals surface area contributed by atoms with Crippen molar-refractivity contribution in [1.82, 2.24) is 14.7 Å². The fourth-order valence-electron chi connectivity index (χ4n) is 4.32. The lowest BCUT2D eigenvalue weighted by atomic mass is 9.83. The topological polar surface area (TPSA) is 45.3 Å². The van der Waals surface area contributed by atoms with Crippen molar-refractivity contribution < 1.29 is 14.3 Å². The van der Waals surface area contributed by atoms with Crippen molar-refractivity contribution >= 4 is 5.91 Å². The molecular formula is C17H31N3O3. The summed E-state index contributed by atoms with van der Waals surface area (Å²) in [5, 5.41) is 0. The molecule has 1 amide bonds. The number of piperazine rings is 1. The zero-order valence-corrected chi connectivity index (χ0v) is 14.6. The highest BCUT2D eigenvalue weighted by molar-refractivity contribution is 5.77. The molecule has 0 aromatic heterocycles. The quantitative estimate of drug-likeness (QED) is 0.743. The van der Waals surface area contributed by atoms with Gasteiger partial charge in [-0.2, -0.15) is 0 Å². The smallest absolute Gasteiger partial charge is 0.248 e. The minimum absolute atomic E-state index is 0.126. The maximum atomic E-state index is 12.0. The second-order valence-corrected chi connectivity index (χ2v) is 7.42. The number of rotatable bonds is 4. The first-order chi connectivity index (χ1) is 11.1. The van der Waals surface area contributed by atoms with Gasteiger partial charge in [-0.3, -0.25) is 14.6 Å². The monoisotopic (exact) mass is 325 g/mol. The number of piperidine rings is 1. The predicted molar refractivity (Wildman–Crippen MR) is 88.4 cm³/mol. The number of carbonyl (C=O) groups excluding carboxylic acids is 1. The second-order valence-electron chi connectivity index (χ2n) is 7.42. The number of hydrogen-bond donors (Lipinski definition) is 0. The van der Waals surface area contributed by atoms with Crippen LogP contribution < -0.4 is 0 Å². The molecule has 6 nitrogen and oxygen atoms in total. The number of hydrogen-bond acceptors (Lipinski definition) is 5. The number of methoxy groups -OCH3 is 1. The average molecular weight is 325 g/mol. The van der Waals surface area contributed by atoms with Crippen molar-refractivity contribution in [2.75, 3.05) is 73.2 Å². The summed E-state index contributed by atoms with van der Waals surface area (Å²) in [6.07, 6.45) is 3.34. The highest BCUT2D eigenvalue weighted by Gasteiger charge is 2.43. The van der Waals surface area contributed by atoms with Gasteiger partial charge in [-0.1, -0.05) is 0 Å². The highest BCUT2D eigenvalue weighted by Crippen LogP contribution is 2.32. The zero-order valence-electron chi connectivity index (χ0n) is 14.6. The van der Waals surface area contributed by atoms with E-state index in [0.29, 0.717) is 5.92 Å². The van der Waals surface area contributed by atoms with Gasteiger partial charge in [0, 0.05) is 58.5 Å². The average Bonchev–Trinajstić information content (AvgIpc) is 3.05. The minimum Gasteiger partial charge on any atom is -0.381 e. The van der Waals surface area contributed by atoms with Crippen LogP contribution in [-0.2, 0) is 14.3 Å². The summed E-state index contributed by atoms with van der Waals surface area (Å²) in [4.78, 5) is 19.1. The number of carbonyl (C=O) groups is 1. The Morgan fingerprint density at radius 3 is 2.70 bits per heavy atom. The van der Waals surface area contributed by atoms with Crippen LogP contribution in [0, 0.1) is 5.92 Å². The molecule has 0 aromatic carbocycles. The Morgan fingerprint density at radius 2 is 2.04 bits per heavy atom. The summed E-state index contributed by atoms with van der Waals surface area (Å²) in [6, 6.07) is 0. The number of nitrogens with zero attached hydrogens (tertiary/aromatic N) is 3. The van der Waals surface area contributed by atoms with E-state index in [1.54, 1.807) is 7.11 Å². The van der Waals surface area contributed by atoms with Gasteiger partial charge in [-0.05, 0) is 32.2 Å². The standard InChI is InChI=1S/C17H31N3O3/c1-18-8-9-19(11-15-3-10-23-12-15)14-17(18)4-6-20(7-5-17)16(21)13-22-2/h15H,3-14H2,1-2H3/t15-/m1/s1. The van der Waals surface area contributed by atoms with Crippen LogP contribution in [0.5, 0.6) is 0 Å². The fourth-order valence-corrected chi connectivity index (χ4v) is 4.32. The van der Waals surface area contributed by atoms with Crippen LogP contribution in [0.1, 0.15) is 19.3 Å². The van der Waals surface area contributed by atoms with Crippen molar-refractivity contribution in [3.8, 4) is 0 Å². The first-order valence-corrected chi connectivity index (χ1v) is 8.91. The van der Waals surface area contributed by atoms with E-state index in [-0.39, 0.29) is 18.1 Å². The lowest BCUT2D eigenvalue weighted by Crippen LogP contribution is -2.65. The van der Waals surface area contributed by atoms with Gasteiger partial charge in [0.1, 0.15) is 6.61 Å². The van der Waals surface area contributed by atoms with Crippen molar-refractivity contribution in [3.05, 3.63) is 0 Å². The number of amides is 1. The molecule has 0 unspecified atom stereocenters. The molecule has 3 fully saturated rings. The van der Waals surface area contributed by atoms with E-state index in [2.05, 4.69) is 16.8 Å². The summed E-state index contributed by atoms with van der Waals surface area (Å²) in [6.45, 7) is 8.35. The molecule has 132 valence electrons. The molecule has 6 heteroatoms. The van der Waals surface area contributed by atoms with Gasteiger partial charge in [-0.15, -0.1) is 0 Å². The molecule has 0 radical (unpaired) electrons. The lowest BCUT2D eigenvalue weighted by Gasteiger charge is -2.53. The number of likely N-dealkylation sites (N-methyl/N-ethyl adjacent to an activating group) is 1. The van der Waals surface area contributed by atoms with Crippen molar-refractivity contribution in [2.45, 2.75) is 24.8 Å². The molecule has 0 N–H and O–H groups in total. The molecular weight excluding hydrogens is 294 g/mol. The van der Waals surface area contributed by atoms with Crippen LogP contribution in [0.15, 0.2) is 0 Å². The molecule has 0 aliphatic carbocycles. The van der Waals surface area contributed by atoms with Gasteiger partial charge in [0.05, 0.1) is 6.61 Å².